The van der Waals surface area contributed by atoms with Crippen LogP contribution in [0.2, 0.25) is 0 Å². The van der Waals surface area contributed by atoms with Crippen LogP contribution < -0.4 is 5.32 Å². The molecule has 0 aromatic heterocycles. The van der Waals surface area contributed by atoms with Crippen molar-refractivity contribution in [1.82, 2.24) is 15.1 Å². The van der Waals surface area contributed by atoms with Gasteiger partial charge >= 0.3 is 0 Å². The van der Waals surface area contributed by atoms with Gasteiger partial charge in [-0.25, -0.2) is 0 Å². The zero-order valence-electron chi connectivity index (χ0n) is 13.6. The number of hydrogen-bond donors (Lipinski definition) is 1. The van der Waals surface area contributed by atoms with Gasteiger partial charge in [-0.05, 0) is 31.5 Å². The van der Waals surface area contributed by atoms with Crippen molar-refractivity contribution >= 4 is 18.2 Å². The minimum absolute atomic E-state index is 0.0956. The Hall–Kier alpha value is -2.37. The Balaban J connectivity index is 2.05. The molecule has 23 heavy (non-hydrogen) atoms. The van der Waals surface area contributed by atoms with Crippen LogP contribution in [-0.4, -0.2) is 60.2 Å². The topological polar surface area (TPSA) is 69.7 Å². The summed E-state index contributed by atoms with van der Waals surface area (Å²) in [6.07, 6.45) is 1.66. The van der Waals surface area contributed by atoms with Gasteiger partial charge in [-0.3, -0.25) is 14.4 Å². The van der Waals surface area contributed by atoms with Crippen molar-refractivity contribution in [2.45, 2.75) is 26.3 Å². The lowest BCUT2D eigenvalue weighted by molar-refractivity contribution is -0.119. The Labute approximate surface area is 136 Å². The van der Waals surface area contributed by atoms with Crippen LogP contribution in [0.3, 0.4) is 0 Å². The molecule has 0 aliphatic carbocycles. The van der Waals surface area contributed by atoms with Gasteiger partial charge in [-0.15, -0.1) is 0 Å². The lowest BCUT2D eigenvalue weighted by Crippen LogP contribution is -2.48. The molecule has 0 radical (unpaired) electrons. The summed E-state index contributed by atoms with van der Waals surface area (Å²) in [5, 5.41) is 2.90. The number of rotatable bonds is 5. The van der Waals surface area contributed by atoms with Gasteiger partial charge in [0.25, 0.3) is 11.8 Å². The van der Waals surface area contributed by atoms with Gasteiger partial charge in [0.05, 0.1) is 0 Å². The molecule has 1 aromatic rings. The van der Waals surface area contributed by atoms with Crippen LogP contribution in [0.25, 0.3) is 0 Å². The summed E-state index contributed by atoms with van der Waals surface area (Å²) < 4.78 is 0. The van der Waals surface area contributed by atoms with Gasteiger partial charge in [0, 0.05) is 43.3 Å². The number of benzene rings is 1. The second-order valence-electron chi connectivity index (χ2n) is 5.80. The lowest BCUT2D eigenvalue weighted by atomic mass is 10.1. The highest BCUT2D eigenvalue weighted by Crippen LogP contribution is 2.11. The van der Waals surface area contributed by atoms with E-state index in [9.17, 15) is 14.4 Å². The zero-order valence-corrected chi connectivity index (χ0v) is 13.6. The maximum atomic E-state index is 12.5. The first kappa shape index (κ1) is 17.0. The van der Waals surface area contributed by atoms with E-state index in [-0.39, 0.29) is 17.9 Å². The quantitative estimate of drug-likeness (QED) is 0.828. The number of hydrogen-bond acceptors (Lipinski definition) is 3. The predicted octanol–water partition coefficient (Wildman–Crippen LogP) is 1.13. The fourth-order valence-corrected chi connectivity index (χ4v) is 2.42. The van der Waals surface area contributed by atoms with Crippen LogP contribution >= 0.6 is 0 Å². The summed E-state index contributed by atoms with van der Waals surface area (Å²) in [7, 11) is 0. The highest BCUT2D eigenvalue weighted by molar-refractivity contribution is 5.99. The molecule has 1 heterocycles. The smallest absolute Gasteiger partial charge is 0.253 e. The van der Waals surface area contributed by atoms with Gasteiger partial charge in [0.2, 0.25) is 6.41 Å². The van der Waals surface area contributed by atoms with E-state index in [1.807, 2.05) is 13.8 Å². The SMILES string of the molecule is CCC(C)NC(=O)c1cccc(C(=O)N2CCN(C=O)CC2)c1. The van der Waals surface area contributed by atoms with Gasteiger partial charge in [0.15, 0.2) is 0 Å². The normalized spacial score (nSPS) is 15.9. The summed E-state index contributed by atoms with van der Waals surface area (Å²) >= 11 is 0. The maximum Gasteiger partial charge on any atom is 0.253 e. The fraction of sp³-hybridized carbons (Fsp3) is 0.471. The van der Waals surface area contributed by atoms with Crippen molar-refractivity contribution in [2.75, 3.05) is 26.2 Å². The van der Waals surface area contributed by atoms with Crippen molar-refractivity contribution in [1.29, 1.82) is 0 Å². The molecule has 0 spiro atoms. The van der Waals surface area contributed by atoms with E-state index >= 15 is 0 Å². The van der Waals surface area contributed by atoms with Crippen molar-refractivity contribution in [3.8, 4) is 0 Å². The van der Waals surface area contributed by atoms with E-state index in [0.717, 1.165) is 12.8 Å². The maximum absolute atomic E-state index is 12.5. The molecule has 1 unspecified atom stereocenters. The summed E-state index contributed by atoms with van der Waals surface area (Å²) in [6, 6.07) is 6.87. The fourth-order valence-electron chi connectivity index (χ4n) is 2.42. The van der Waals surface area contributed by atoms with E-state index in [4.69, 9.17) is 0 Å². The van der Waals surface area contributed by atoms with Gasteiger partial charge in [-0.1, -0.05) is 13.0 Å². The predicted molar refractivity (Wildman–Crippen MR) is 87.2 cm³/mol. The molecule has 1 fully saturated rings. The van der Waals surface area contributed by atoms with Crippen LogP contribution in [0, 0.1) is 0 Å². The average molecular weight is 317 g/mol. The second kappa shape index (κ2) is 7.76. The first-order valence-corrected chi connectivity index (χ1v) is 7.94. The van der Waals surface area contributed by atoms with Crippen molar-refractivity contribution in [3.63, 3.8) is 0 Å². The van der Waals surface area contributed by atoms with Gasteiger partial charge < -0.3 is 15.1 Å². The van der Waals surface area contributed by atoms with Crippen molar-refractivity contribution < 1.29 is 14.4 Å². The first-order chi connectivity index (χ1) is 11.0. The third-order valence-electron chi connectivity index (χ3n) is 4.11. The van der Waals surface area contributed by atoms with Gasteiger partial charge in [0.1, 0.15) is 0 Å². The summed E-state index contributed by atoms with van der Waals surface area (Å²) in [6.45, 7) is 6.07. The van der Waals surface area contributed by atoms with Crippen molar-refractivity contribution in [2.24, 2.45) is 0 Å². The Morgan fingerprint density at radius 2 is 1.87 bits per heavy atom. The number of nitrogens with zero attached hydrogens (tertiary/aromatic N) is 2. The molecule has 1 aromatic carbocycles. The number of amides is 3. The average Bonchev–Trinajstić information content (AvgIpc) is 2.61. The third-order valence-corrected chi connectivity index (χ3v) is 4.11. The standard InChI is InChI=1S/C17H23N3O3/c1-3-13(2)18-16(22)14-5-4-6-15(11-14)17(23)20-9-7-19(12-21)8-10-20/h4-6,11-13H,3,7-10H2,1-2H3,(H,18,22). The van der Waals surface area contributed by atoms with Gasteiger partial charge in [-0.2, -0.15) is 0 Å². The molecule has 124 valence electrons. The van der Waals surface area contributed by atoms with Crippen LogP contribution in [-0.2, 0) is 4.79 Å². The first-order valence-electron chi connectivity index (χ1n) is 7.94. The monoisotopic (exact) mass is 317 g/mol. The largest absolute Gasteiger partial charge is 0.350 e. The Morgan fingerprint density at radius 3 is 2.48 bits per heavy atom. The van der Waals surface area contributed by atoms with Crippen LogP contribution in [0.15, 0.2) is 24.3 Å². The Kier molecular flexibility index (Phi) is 5.73. The molecule has 1 saturated heterocycles. The number of nitrogens with one attached hydrogen (secondary N) is 1. The van der Waals surface area contributed by atoms with Crippen LogP contribution in [0.4, 0.5) is 0 Å². The molecular formula is C17H23N3O3. The highest BCUT2D eigenvalue weighted by atomic mass is 16.2. The molecule has 1 N–H and O–H groups in total. The number of carbonyl (C=O) groups excluding carboxylic acids is 3. The zero-order chi connectivity index (χ0) is 16.8. The molecule has 6 heteroatoms. The van der Waals surface area contributed by atoms with E-state index < -0.39 is 0 Å². The highest BCUT2D eigenvalue weighted by Gasteiger charge is 2.22. The minimum Gasteiger partial charge on any atom is -0.350 e. The molecule has 2 rings (SSSR count). The third kappa shape index (κ3) is 4.31. The van der Waals surface area contributed by atoms with E-state index in [1.165, 1.54) is 0 Å². The molecule has 1 aliphatic heterocycles. The van der Waals surface area contributed by atoms with E-state index in [0.29, 0.717) is 37.3 Å². The Bertz CT molecular complexity index is 580. The second-order valence-corrected chi connectivity index (χ2v) is 5.80. The Morgan fingerprint density at radius 1 is 1.22 bits per heavy atom. The molecule has 1 atom stereocenters. The molecule has 6 nitrogen and oxygen atoms in total. The molecular weight excluding hydrogens is 294 g/mol. The molecule has 3 amide bonds. The van der Waals surface area contributed by atoms with Crippen molar-refractivity contribution in [3.05, 3.63) is 35.4 Å². The molecule has 0 bridgehead atoms. The summed E-state index contributed by atoms with van der Waals surface area (Å²) in [5.74, 6) is -0.270. The number of carbonyl (C=O) groups is 3. The van der Waals surface area contributed by atoms with E-state index in [1.54, 1.807) is 34.1 Å². The lowest BCUT2D eigenvalue weighted by Gasteiger charge is -2.32. The minimum atomic E-state index is -0.167. The van der Waals surface area contributed by atoms with E-state index in [2.05, 4.69) is 5.32 Å². The molecule has 1 aliphatic rings. The van der Waals surface area contributed by atoms with Crippen LogP contribution in [0.5, 0.6) is 0 Å². The summed E-state index contributed by atoms with van der Waals surface area (Å²) in [5.41, 5.74) is 0.990. The molecule has 0 saturated carbocycles. The van der Waals surface area contributed by atoms with Crippen LogP contribution in [0.1, 0.15) is 41.0 Å². The summed E-state index contributed by atoms with van der Waals surface area (Å²) in [4.78, 5) is 38.8. The number of piperazine rings is 1.